The molecule has 4 nitrogen and oxygen atoms in total. The molecular formula is C11H14N4. The minimum absolute atomic E-state index is 0.852. The molecule has 0 fully saturated rings. The molecule has 0 saturated carbocycles. The van der Waals surface area contributed by atoms with Crippen LogP contribution in [0.1, 0.15) is 17.0 Å². The summed E-state index contributed by atoms with van der Waals surface area (Å²) < 4.78 is 0. The van der Waals surface area contributed by atoms with Gasteiger partial charge in [-0.25, -0.2) is 4.98 Å². The lowest BCUT2D eigenvalue weighted by Gasteiger charge is -2.03. The van der Waals surface area contributed by atoms with Crippen LogP contribution in [0.15, 0.2) is 24.5 Å². The van der Waals surface area contributed by atoms with E-state index in [2.05, 4.69) is 21.2 Å². The van der Waals surface area contributed by atoms with Crippen molar-refractivity contribution in [1.82, 2.24) is 15.2 Å². The van der Waals surface area contributed by atoms with Gasteiger partial charge in [-0.3, -0.25) is 5.10 Å². The minimum Gasteiger partial charge on any atom is -0.399 e. The number of nitrogens with zero attached hydrogens (tertiary/aromatic N) is 2. The van der Waals surface area contributed by atoms with Crippen LogP contribution < -0.4 is 5.73 Å². The highest BCUT2D eigenvalue weighted by atomic mass is 15.2. The number of aryl methyl sites for hydroxylation is 3. The maximum Gasteiger partial charge on any atom is 0.137 e. The fourth-order valence-corrected chi connectivity index (χ4v) is 1.46. The van der Waals surface area contributed by atoms with E-state index >= 15 is 0 Å². The van der Waals surface area contributed by atoms with Crippen LogP contribution in [0.3, 0.4) is 0 Å². The summed E-state index contributed by atoms with van der Waals surface area (Å²) >= 11 is 0. The first-order valence-electron chi connectivity index (χ1n) is 4.95. The molecule has 0 amide bonds. The van der Waals surface area contributed by atoms with E-state index in [1.54, 1.807) is 0 Å². The van der Waals surface area contributed by atoms with Gasteiger partial charge < -0.3 is 5.73 Å². The molecule has 1 heterocycles. The van der Waals surface area contributed by atoms with Crippen LogP contribution in [0.5, 0.6) is 0 Å². The standard InChI is InChI=1S/C11H14N4/c1-8-2-3-9(6-10(8)12)4-5-11-13-7-14-15-11/h2-3,6-7H,4-5,12H2,1H3,(H,13,14,15). The molecule has 0 bridgehead atoms. The normalized spacial score (nSPS) is 10.5. The molecule has 78 valence electrons. The number of H-pyrrole nitrogens is 1. The van der Waals surface area contributed by atoms with Crippen molar-refractivity contribution < 1.29 is 0 Å². The molecule has 15 heavy (non-hydrogen) atoms. The van der Waals surface area contributed by atoms with E-state index in [1.165, 1.54) is 11.9 Å². The summed E-state index contributed by atoms with van der Waals surface area (Å²) in [5.74, 6) is 0.911. The molecule has 0 radical (unpaired) electrons. The number of aromatic amines is 1. The molecule has 0 unspecified atom stereocenters. The van der Waals surface area contributed by atoms with Gasteiger partial charge in [0, 0.05) is 12.1 Å². The van der Waals surface area contributed by atoms with Gasteiger partial charge in [0.2, 0.25) is 0 Å². The highest BCUT2D eigenvalue weighted by Crippen LogP contribution is 2.14. The van der Waals surface area contributed by atoms with Gasteiger partial charge in [0.05, 0.1) is 0 Å². The Bertz CT molecular complexity index is 434. The fraction of sp³-hybridized carbons (Fsp3) is 0.273. The summed E-state index contributed by atoms with van der Waals surface area (Å²) in [6, 6.07) is 6.17. The van der Waals surface area contributed by atoms with E-state index in [9.17, 15) is 0 Å². The third kappa shape index (κ3) is 2.34. The van der Waals surface area contributed by atoms with Gasteiger partial charge in [0.25, 0.3) is 0 Å². The van der Waals surface area contributed by atoms with E-state index in [1.807, 2.05) is 19.1 Å². The quantitative estimate of drug-likeness (QED) is 0.741. The molecule has 3 N–H and O–H groups in total. The van der Waals surface area contributed by atoms with Gasteiger partial charge in [-0.2, -0.15) is 5.10 Å². The zero-order chi connectivity index (χ0) is 10.7. The highest BCUT2D eigenvalue weighted by molar-refractivity contribution is 5.48. The molecule has 1 aromatic carbocycles. The third-order valence-corrected chi connectivity index (χ3v) is 2.46. The maximum atomic E-state index is 5.83. The Balaban J connectivity index is 2.02. The summed E-state index contributed by atoms with van der Waals surface area (Å²) in [5, 5.41) is 6.65. The largest absolute Gasteiger partial charge is 0.399 e. The second-order valence-corrected chi connectivity index (χ2v) is 3.62. The van der Waals surface area contributed by atoms with E-state index in [0.717, 1.165) is 29.9 Å². The van der Waals surface area contributed by atoms with Gasteiger partial charge in [-0.15, -0.1) is 0 Å². The number of rotatable bonds is 3. The number of nitrogens with one attached hydrogen (secondary N) is 1. The predicted molar refractivity (Wildman–Crippen MR) is 59.4 cm³/mol. The van der Waals surface area contributed by atoms with Crippen molar-refractivity contribution >= 4 is 5.69 Å². The van der Waals surface area contributed by atoms with Crippen molar-refractivity contribution in [3.8, 4) is 0 Å². The Morgan fingerprint density at radius 3 is 2.87 bits per heavy atom. The summed E-state index contributed by atoms with van der Waals surface area (Å²) in [4.78, 5) is 4.07. The zero-order valence-electron chi connectivity index (χ0n) is 8.70. The summed E-state index contributed by atoms with van der Waals surface area (Å²) in [6.07, 6.45) is 3.32. The predicted octanol–water partition coefficient (Wildman–Crippen LogP) is 1.48. The topological polar surface area (TPSA) is 67.6 Å². The monoisotopic (exact) mass is 202 g/mol. The van der Waals surface area contributed by atoms with Crippen LogP contribution in [0.4, 0.5) is 5.69 Å². The molecule has 0 saturated heterocycles. The second kappa shape index (κ2) is 4.13. The maximum absolute atomic E-state index is 5.83. The molecule has 0 spiro atoms. The number of aromatic nitrogens is 3. The number of anilines is 1. The van der Waals surface area contributed by atoms with Crippen LogP contribution >= 0.6 is 0 Å². The Hall–Kier alpha value is -1.84. The van der Waals surface area contributed by atoms with E-state index in [0.29, 0.717) is 0 Å². The number of hydrogen-bond donors (Lipinski definition) is 2. The van der Waals surface area contributed by atoms with Crippen molar-refractivity contribution in [3.05, 3.63) is 41.5 Å². The van der Waals surface area contributed by atoms with Gasteiger partial charge >= 0.3 is 0 Å². The average molecular weight is 202 g/mol. The Morgan fingerprint density at radius 2 is 2.20 bits per heavy atom. The average Bonchev–Trinajstić information content (AvgIpc) is 2.73. The van der Waals surface area contributed by atoms with Crippen molar-refractivity contribution in [2.75, 3.05) is 5.73 Å². The van der Waals surface area contributed by atoms with Gasteiger partial charge in [-0.05, 0) is 30.5 Å². The van der Waals surface area contributed by atoms with Crippen LogP contribution in [-0.4, -0.2) is 15.2 Å². The van der Waals surface area contributed by atoms with E-state index in [-0.39, 0.29) is 0 Å². The van der Waals surface area contributed by atoms with Crippen molar-refractivity contribution in [1.29, 1.82) is 0 Å². The van der Waals surface area contributed by atoms with Crippen LogP contribution in [0.25, 0.3) is 0 Å². The Labute approximate surface area is 88.5 Å². The lowest BCUT2D eigenvalue weighted by atomic mass is 10.1. The van der Waals surface area contributed by atoms with Crippen LogP contribution in [0, 0.1) is 6.92 Å². The van der Waals surface area contributed by atoms with Crippen LogP contribution in [0.2, 0.25) is 0 Å². The number of benzene rings is 1. The summed E-state index contributed by atoms with van der Waals surface area (Å²) in [7, 11) is 0. The molecule has 0 atom stereocenters. The second-order valence-electron chi connectivity index (χ2n) is 3.62. The zero-order valence-corrected chi connectivity index (χ0v) is 8.70. The summed E-state index contributed by atoms with van der Waals surface area (Å²) in [6.45, 7) is 2.01. The SMILES string of the molecule is Cc1ccc(CCc2ncn[nH]2)cc1N. The Morgan fingerprint density at radius 1 is 1.33 bits per heavy atom. The lowest BCUT2D eigenvalue weighted by molar-refractivity contribution is 0.865. The molecule has 2 aromatic rings. The van der Waals surface area contributed by atoms with Crippen LogP contribution in [-0.2, 0) is 12.8 Å². The molecule has 0 aliphatic rings. The highest BCUT2D eigenvalue weighted by Gasteiger charge is 1.99. The molecule has 0 aliphatic carbocycles. The molecular weight excluding hydrogens is 188 g/mol. The minimum atomic E-state index is 0.852. The summed E-state index contributed by atoms with van der Waals surface area (Å²) in [5.41, 5.74) is 9.04. The first kappa shape index (κ1) is 9.71. The molecule has 4 heteroatoms. The van der Waals surface area contributed by atoms with E-state index < -0.39 is 0 Å². The number of nitrogens with two attached hydrogens (primary N) is 1. The number of nitrogen functional groups attached to an aromatic ring is 1. The third-order valence-electron chi connectivity index (χ3n) is 2.46. The van der Waals surface area contributed by atoms with Crippen molar-refractivity contribution in [2.45, 2.75) is 19.8 Å². The first-order chi connectivity index (χ1) is 7.25. The first-order valence-corrected chi connectivity index (χ1v) is 4.95. The van der Waals surface area contributed by atoms with Gasteiger partial charge in [0.15, 0.2) is 0 Å². The smallest absolute Gasteiger partial charge is 0.137 e. The van der Waals surface area contributed by atoms with Crippen molar-refractivity contribution in [3.63, 3.8) is 0 Å². The molecule has 0 aliphatic heterocycles. The fourth-order valence-electron chi connectivity index (χ4n) is 1.46. The Kier molecular flexibility index (Phi) is 2.67. The number of hydrogen-bond acceptors (Lipinski definition) is 3. The lowest BCUT2D eigenvalue weighted by Crippen LogP contribution is -1.96. The molecule has 2 rings (SSSR count). The molecule has 1 aromatic heterocycles. The van der Waals surface area contributed by atoms with E-state index in [4.69, 9.17) is 5.73 Å². The van der Waals surface area contributed by atoms with Crippen molar-refractivity contribution in [2.24, 2.45) is 0 Å². The van der Waals surface area contributed by atoms with Gasteiger partial charge in [0.1, 0.15) is 12.2 Å². The van der Waals surface area contributed by atoms with Gasteiger partial charge in [-0.1, -0.05) is 12.1 Å².